The molecule has 0 spiro atoms. The van der Waals surface area contributed by atoms with Crippen LogP contribution >= 0.6 is 0 Å². The Morgan fingerprint density at radius 2 is 2.16 bits per heavy atom. The summed E-state index contributed by atoms with van der Waals surface area (Å²) in [6, 6.07) is 5.89. The fraction of sp³-hybridized carbons (Fsp3) is 0.429. The molecule has 5 nitrogen and oxygen atoms in total. The molecule has 5 heteroatoms. The first-order chi connectivity index (χ1) is 9.02. The molecular formula is C14H18N2O3. The molecule has 0 unspecified atom stereocenters. The van der Waals surface area contributed by atoms with Crippen LogP contribution in [-0.2, 0) is 20.7 Å². The number of methoxy groups -OCH3 is 1. The fourth-order valence-electron chi connectivity index (χ4n) is 2.30. The molecular weight excluding hydrogens is 244 g/mol. The number of fused-ring (bicyclic) bond motifs is 1. The normalized spacial score (nSPS) is 13.1. The van der Waals surface area contributed by atoms with Gasteiger partial charge in [-0.3, -0.25) is 9.59 Å². The number of carbonyl (C=O) groups excluding carboxylic acids is 2. The van der Waals surface area contributed by atoms with E-state index in [2.05, 4.69) is 4.74 Å². The highest BCUT2D eigenvalue weighted by atomic mass is 16.5. The number of ether oxygens (including phenoxy) is 1. The molecule has 1 aliphatic heterocycles. The first-order valence-corrected chi connectivity index (χ1v) is 6.22. The van der Waals surface area contributed by atoms with E-state index in [1.165, 1.54) is 7.11 Å². The molecule has 102 valence electrons. The molecule has 0 saturated heterocycles. The lowest BCUT2D eigenvalue weighted by Crippen LogP contribution is -2.27. The Bertz CT molecular complexity index is 513. The van der Waals surface area contributed by atoms with Gasteiger partial charge in [-0.2, -0.15) is 0 Å². The second-order valence-electron chi connectivity index (χ2n) is 4.67. The molecule has 0 N–H and O–H groups in total. The summed E-state index contributed by atoms with van der Waals surface area (Å²) < 4.78 is 4.65. The summed E-state index contributed by atoms with van der Waals surface area (Å²) in [5.41, 5.74) is 3.07. The number of esters is 1. The summed E-state index contributed by atoms with van der Waals surface area (Å²) in [5.74, 6) is -0.206. The maximum atomic E-state index is 11.5. The van der Waals surface area contributed by atoms with Gasteiger partial charge in [0.25, 0.3) is 0 Å². The smallest absolute Gasteiger partial charge is 0.325 e. The van der Waals surface area contributed by atoms with Crippen LogP contribution in [0.25, 0.3) is 0 Å². The van der Waals surface area contributed by atoms with Gasteiger partial charge in [0.15, 0.2) is 0 Å². The van der Waals surface area contributed by atoms with Crippen LogP contribution in [0, 0.1) is 0 Å². The van der Waals surface area contributed by atoms with Crippen molar-refractivity contribution < 1.29 is 14.3 Å². The van der Waals surface area contributed by atoms with Crippen molar-refractivity contribution in [3.05, 3.63) is 23.8 Å². The zero-order chi connectivity index (χ0) is 14.0. The quantitative estimate of drug-likeness (QED) is 0.768. The van der Waals surface area contributed by atoms with E-state index in [1.807, 2.05) is 30.1 Å². The lowest BCUT2D eigenvalue weighted by Gasteiger charge is -2.20. The Morgan fingerprint density at radius 3 is 2.79 bits per heavy atom. The second-order valence-corrected chi connectivity index (χ2v) is 4.67. The summed E-state index contributed by atoms with van der Waals surface area (Å²) in [5, 5.41) is 0. The van der Waals surface area contributed by atoms with Gasteiger partial charge in [-0.25, -0.2) is 0 Å². The SMILES string of the molecule is COC(=O)CN(C)c1ccc2c(c1)CCN2C(C)=O. The lowest BCUT2D eigenvalue weighted by atomic mass is 10.1. The summed E-state index contributed by atoms with van der Waals surface area (Å²) in [6.07, 6.45) is 0.856. The van der Waals surface area contributed by atoms with Crippen LogP contribution in [0.2, 0.25) is 0 Å². The third-order valence-electron chi connectivity index (χ3n) is 3.37. The average Bonchev–Trinajstić information content (AvgIpc) is 2.81. The Labute approximate surface area is 112 Å². The van der Waals surface area contributed by atoms with Gasteiger partial charge in [-0.05, 0) is 30.2 Å². The summed E-state index contributed by atoms with van der Waals surface area (Å²) in [6.45, 7) is 2.52. The Balaban J connectivity index is 2.19. The molecule has 1 heterocycles. The zero-order valence-corrected chi connectivity index (χ0v) is 11.5. The van der Waals surface area contributed by atoms with Crippen molar-refractivity contribution in [2.45, 2.75) is 13.3 Å². The molecule has 0 saturated carbocycles. The third kappa shape index (κ3) is 2.70. The minimum atomic E-state index is -0.270. The monoisotopic (exact) mass is 262 g/mol. The van der Waals surface area contributed by atoms with E-state index in [4.69, 9.17) is 0 Å². The van der Waals surface area contributed by atoms with Crippen molar-refractivity contribution in [2.75, 3.05) is 37.0 Å². The second kappa shape index (κ2) is 5.30. The van der Waals surface area contributed by atoms with Crippen molar-refractivity contribution in [1.82, 2.24) is 0 Å². The number of hydrogen-bond acceptors (Lipinski definition) is 4. The van der Waals surface area contributed by atoms with Crippen molar-refractivity contribution >= 4 is 23.3 Å². The highest BCUT2D eigenvalue weighted by molar-refractivity contribution is 5.94. The van der Waals surface area contributed by atoms with E-state index < -0.39 is 0 Å². The van der Waals surface area contributed by atoms with Gasteiger partial charge in [0.2, 0.25) is 5.91 Å². The number of hydrogen-bond donors (Lipinski definition) is 0. The largest absolute Gasteiger partial charge is 0.468 e. The van der Waals surface area contributed by atoms with E-state index >= 15 is 0 Å². The van der Waals surface area contributed by atoms with Gasteiger partial charge in [-0.15, -0.1) is 0 Å². The summed E-state index contributed by atoms with van der Waals surface area (Å²) >= 11 is 0. The molecule has 2 rings (SSSR count). The van der Waals surface area contributed by atoms with E-state index in [1.54, 1.807) is 11.8 Å². The van der Waals surface area contributed by atoms with Crippen LogP contribution in [0.3, 0.4) is 0 Å². The Morgan fingerprint density at radius 1 is 1.42 bits per heavy atom. The summed E-state index contributed by atoms with van der Waals surface area (Å²) in [7, 11) is 3.22. The van der Waals surface area contributed by atoms with E-state index in [9.17, 15) is 9.59 Å². The molecule has 1 aromatic carbocycles. The van der Waals surface area contributed by atoms with Crippen LogP contribution in [-0.4, -0.2) is 39.1 Å². The minimum absolute atomic E-state index is 0.0643. The topological polar surface area (TPSA) is 49.9 Å². The van der Waals surface area contributed by atoms with Crippen LogP contribution in [0.1, 0.15) is 12.5 Å². The average molecular weight is 262 g/mol. The van der Waals surface area contributed by atoms with Gasteiger partial charge in [0, 0.05) is 31.9 Å². The van der Waals surface area contributed by atoms with Crippen molar-refractivity contribution in [3.63, 3.8) is 0 Å². The summed E-state index contributed by atoms with van der Waals surface area (Å²) in [4.78, 5) is 26.3. The number of amides is 1. The molecule has 0 aromatic heterocycles. The highest BCUT2D eigenvalue weighted by Crippen LogP contribution is 2.31. The van der Waals surface area contributed by atoms with Gasteiger partial charge < -0.3 is 14.5 Å². The first-order valence-electron chi connectivity index (χ1n) is 6.22. The third-order valence-corrected chi connectivity index (χ3v) is 3.37. The minimum Gasteiger partial charge on any atom is -0.468 e. The predicted octanol–water partition coefficient (Wildman–Crippen LogP) is 1.20. The first kappa shape index (κ1) is 13.4. The zero-order valence-electron chi connectivity index (χ0n) is 11.5. The Hall–Kier alpha value is -2.04. The molecule has 1 aliphatic rings. The van der Waals surface area contributed by atoms with Crippen molar-refractivity contribution in [2.24, 2.45) is 0 Å². The van der Waals surface area contributed by atoms with Crippen LogP contribution < -0.4 is 9.80 Å². The van der Waals surface area contributed by atoms with Crippen LogP contribution in [0.4, 0.5) is 11.4 Å². The van der Waals surface area contributed by atoms with Gasteiger partial charge in [-0.1, -0.05) is 0 Å². The van der Waals surface area contributed by atoms with Gasteiger partial charge in [0.05, 0.1) is 7.11 Å². The molecule has 0 radical (unpaired) electrons. The van der Waals surface area contributed by atoms with E-state index in [0.717, 1.165) is 29.9 Å². The molecule has 0 fully saturated rings. The van der Waals surface area contributed by atoms with Crippen LogP contribution in [0.15, 0.2) is 18.2 Å². The number of anilines is 2. The van der Waals surface area contributed by atoms with E-state index in [-0.39, 0.29) is 18.4 Å². The number of nitrogens with zero attached hydrogens (tertiary/aromatic N) is 2. The fourth-order valence-corrected chi connectivity index (χ4v) is 2.30. The van der Waals surface area contributed by atoms with Gasteiger partial charge in [0.1, 0.15) is 6.54 Å². The van der Waals surface area contributed by atoms with Gasteiger partial charge >= 0.3 is 5.97 Å². The molecule has 0 bridgehead atoms. The number of benzene rings is 1. The molecule has 0 aliphatic carbocycles. The van der Waals surface area contributed by atoms with Crippen LogP contribution in [0.5, 0.6) is 0 Å². The highest BCUT2D eigenvalue weighted by Gasteiger charge is 2.22. The molecule has 0 atom stereocenters. The number of carbonyl (C=O) groups is 2. The lowest BCUT2D eigenvalue weighted by molar-refractivity contribution is -0.138. The maximum absolute atomic E-state index is 11.5. The van der Waals surface area contributed by atoms with Crippen molar-refractivity contribution in [1.29, 1.82) is 0 Å². The molecule has 1 amide bonds. The number of rotatable bonds is 3. The molecule has 19 heavy (non-hydrogen) atoms. The molecule has 1 aromatic rings. The van der Waals surface area contributed by atoms with Crippen molar-refractivity contribution in [3.8, 4) is 0 Å². The predicted molar refractivity (Wildman–Crippen MR) is 73.5 cm³/mol. The maximum Gasteiger partial charge on any atom is 0.325 e. The Kier molecular flexibility index (Phi) is 3.74. The number of likely N-dealkylation sites (N-methyl/N-ethyl adjacent to an activating group) is 1. The standard InChI is InChI=1S/C14H18N2O3/c1-10(17)16-7-6-11-8-12(4-5-13(11)16)15(2)9-14(18)19-3/h4-5,8H,6-7,9H2,1-3H3. The van der Waals surface area contributed by atoms with E-state index in [0.29, 0.717) is 0 Å².